The molecule has 7 atom stereocenters. The Labute approximate surface area is 318 Å². The molecule has 0 aromatic heterocycles. The molecule has 0 amide bonds. The number of carbonyl (C=O) groups is 1. The second kappa shape index (κ2) is 13.5. The van der Waals surface area contributed by atoms with Crippen molar-refractivity contribution in [1.82, 2.24) is 0 Å². The van der Waals surface area contributed by atoms with E-state index in [-0.39, 0.29) is 43.8 Å². The van der Waals surface area contributed by atoms with Gasteiger partial charge in [0.05, 0.1) is 51.1 Å². The van der Waals surface area contributed by atoms with Gasteiger partial charge in [-0.1, -0.05) is 26.0 Å². The Morgan fingerprint density at radius 1 is 0.636 bits per heavy atom. The van der Waals surface area contributed by atoms with Gasteiger partial charge < -0.3 is 52.1 Å². The predicted octanol–water partition coefficient (Wildman–Crippen LogP) is 7.00. The van der Waals surface area contributed by atoms with Gasteiger partial charge in [-0.25, -0.2) is 0 Å². The molecule has 0 radical (unpaired) electrons. The smallest absolute Gasteiger partial charge is 0.231 e. The van der Waals surface area contributed by atoms with Gasteiger partial charge in [-0.15, -0.1) is 0 Å². The predicted molar refractivity (Wildman–Crippen MR) is 195 cm³/mol. The molecule has 7 aliphatic rings. The molecule has 2 saturated heterocycles. The average Bonchev–Trinajstić information content (AvgIpc) is 4.05. The van der Waals surface area contributed by atoms with Gasteiger partial charge in [0.2, 0.25) is 13.6 Å². The van der Waals surface area contributed by atoms with Crippen molar-refractivity contribution >= 4 is 5.78 Å². The van der Waals surface area contributed by atoms with Gasteiger partial charge in [0, 0.05) is 35.4 Å². The largest absolute Gasteiger partial charge is 0.493 e. The Kier molecular flexibility index (Phi) is 8.36. The fraction of sp³-hybridized carbons (Fsp3) is 0.419. The van der Waals surface area contributed by atoms with Crippen LogP contribution in [0.1, 0.15) is 64.6 Å². The summed E-state index contributed by atoms with van der Waals surface area (Å²) < 4.78 is 63.3. The first-order valence-electron chi connectivity index (χ1n) is 18.8. The van der Waals surface area contributed by atoms with E-state index in [9.17, 15) is 4.79 Å². The molecule has 0 bridgehead atoms. The normalized spacial score (nSPS) is 27.0. The van der Waals surface area contributed by atoms with Gasteiger partial charge in [0.25, 0.3) is 0 Å². The maximum absolute atomic E-state index is 13.5. The van der Waals surface area contributed by atoms with E-state index in [0.717, 1.165) is 57.4 Å². The van der Waals surface area contributed by atoms with E-state index in [1.807, 2.05) is 42.5 Å². The molecule has 12 nitrogen and oxygen atoms in total. The number of Topliss-reactive ketones (excluding diaryl/α,β-unsaturated/α-hetero) is 1. The molecule has 11 rings (SSSR count). The van der Waals surface area contributed by atoms with Crippen LogP contribution in [0.3, 0.4) is 0 Å². The maximum Gasteiger partial charge on any atom is 0.231 e. The first-order chi connectivity index (χ1) is 26.9. The Morgan fingerprint density at radius 3 is 1.85 bits per heavy atom. The number of hydrogen-bond acceptors (Lipinski definition) is 12. The summed E-state index contributed by atoms with van der Waals surface area (Å²) in [5, 5.41) is 0. The van der Waals surface area contributed by atoms with E-state index in [4.69, 9.17) is 52.1 Å². The van der Waals surface area contributed by atoms with Crippen LogP contribution in [-0.4, -0.2) is 65.6 Å². The van der Waals surface area contributed by atoms with Crippen LogP contribution in [0.2, 0.25) is 0 Å². The first kappa shape index (κ1) is 34.2. The molecule has 7 heterocycles. The van der Waals surface area contributed by atoms with Crippen molar-refractivity contribution < 1.29 is 56.9 Å². The number of hydrogen-bond donors (Lipinski definition) is 0. The van der Waals surface area contributed by atoms with Gasteiger partial charge in [0.1, 0.15) is 36.1 Å². The van der Waals surface area contributed by atoms with Gasteiger partial charge in [-0.3, -0.25) is 4.79 Å². The summed E-state index contributed by atoms with van der Waals surface area (Å²) in [7, 11) is 3.16. The minimum absolute atomic E-state index is 0.0218. The van der Waals surface area contributed by atoms with Crippen molar-refractivity contribution in [2.45, 2.75) is 50.6 Å². The van der Waals surface area contributed by atoms with E-state index in [1.54, 1.807) is 20.3 Å². The molecule has 0 saturated carbocycles. The lowest BCUT2D eigenvalue weighted by molar-refractivity contribution is 0.0192. The van der Waals surface area contributed by atoms with Crippen molar-refractivity contribution in [1.29, 1.82) is 0 Å². The van der Waals surface area contributed by atoms with Crippen LogP contribution in [0.4, 0.5) is 0 Å². The standard InChI is InChI=1S/C23H24O6.C20H18O6/c1-11(2)16-8-14-15(28-16)6-5-12-22(24)21-13-7-18(25-3)19(26-4)9-17(13)27-10-20(21)29-23(12)14;1-3-15-17(25-9-23-15)5-11(1)19-13-7-22-20(14(13)8-21-19)12-2-4-16-18(6-12)26-10-24-16/h5-7,9,11,16,20-21H,8,10H2,1-4H3;1-6,13-14,19-20H,7-10H2. The third-order valence-corrected chi connectivity index (χ3v) is 11.8. The molecule has 0 aliphatic carbocycles. The lowest BCUT2D eigenvalue weighted by Crippen LogP contribution is -2.43. The third kappa shape index (κ3) is 5.68. The molecule has 0 spiro atoms. The van der Waals surface area contributed by atoms with Crippen LogP contribution in [0.25, 0.3) is 0 Å². The minimum atomic E-state index is -0.438. The zero-order valence-corrected chi connectivity index (χ0v) is 31.0. The second-order valence-electron chi connectivity index (χ2n) is 15.1. The summed E-state index contributed by atoms with van der Waals surface area (Å²) in [6.45, 7) is 6.51. The molecule has 12 heteroatoms. The molecule has 0 N–H and O–H groups in total. The molecule has 4 aromatic rings. The number of benzene rings is 4. The molecule has 7 unspecified atom stereocenters. The molecule has 286 valence electrons. The topological polar surface area (TPSA) is 119 Å². The van der Waals surface area contributed by atoms with Gasteiger partial charge >= 0.3 is 0 Å². The van der Waals surface area contributed by atoms with E-state index < -0.39 is 5.92 Å². The van der Waals surface area contributed by atoms with E-state index >= 15 is 0 Å². The van der Waals surface area contributed by atoms with E-state index in [2.05, 4.69) is 26.0 Å². The van der Waals surface area contributed by atoms with E-state index in [0.29, 0.717) is 66.1 Å². The SMILES string of the molecule is COc1cc2c(cc1OC)C1C(=O)c3ccc4c(c3OC1CO2)CC(C(C)C)O4.c1cc2c(cc1C1OCC3C(c4ccc5c(c4)OCO5)OCC13)OCO2. The summed E-state index contributed by atoms with van der Waals surface area (Å²) in [6.07, 6.45) is 0.517. The summed E-state index contributed by atoms with van der Waals surface area (Å²) >= 11 is 0. The van der Waals surface area contributed by atoms with Crippen molar-refractivity contribution in [3.8, 4) is 51.7 Å². The van der Waals surface area contributed by atoms with Crippen molar-refractivity contribution in [3.05, 3.63) is 88.5 Å². The van der Waals surface area contributed by atoms with E-state index in [1.165, 1.54) is 0 Å². The van der Waals surface area contributed by atoms with Crippen LogP contribution < -0.4 is 42.6 Å². The Bertz CT molecular complexity index is 2090. The molecule has 4 aromatic carbocycles. The zero-order chi connectivity index (χ0) is 37.4. The molecule has 55 heavy (non-hydrogen) atoms. The fourth-order valence-electron chi connectivity index (χ4n) is 8.88. The van der Waals surface area contributed by atoms with Crippen LogP contribution in [0, 0.1) is 17.8 Å². The summed E-state index contributed by atoms with van der Waals surface area (Å²) in [5.74, 6) is 7.07. The zero-order valence-electron chi connectivity index (χ0n) is 31.0. The Hall–Kier alpha value is -5.33. The third-order valence-electron chi connectivity index (χ3n) is 11.8. The molecular weight excluding hydrogens is 708 g/mol. The first-order valence-corrected chi connectivity index (χ1v) is 18.8. The quantitative estimate of drug-likeness (QED) is 0.209. The monoisotopic (exact) mass is 750 g/mol. The average molecular weight is 751 g/mol. The molecule has 2 fully saturated rings. The maximum atomic E-state index is 13.5. The highest BCUT2D eigenvalue weighted by Crippen LogP contribution is 2.53. The number of rotatable bonds is 5. The van der Waals surface area contributed by atoms with Crippen molar-refractivity contribution in [2.75, 3.05) is 47.6 Å². The van der Waals surface area contributed by atoms with Crippen LogP contribution in [0.5, 0.6) is 51.7 Å². The second-order valence-corrected chi connectivity index (χ2v) is 15.1. The minimum Gasteiger partial charge on any atom is -0.493 e. The fourth-order valence-corrected chi connectivity index (χ4v) is 8.88. The number of ketones is 1. The number of methoxy groups -OCH3 is 2. The molecule has 7 aliphatic heterocycles. The highest BCUT2D eigenvalue weighted by atomic mass is 16.7. The van der Waals surface area contributed by atoms with Gasteiger partial charge in [0.15, 0.2) is 40.3 Å². The number of fused-ring (bicyclic) bond motifs is 9. The lowest BCUT2D eigenvalue weighted by atomic mass is 9.81. The highest BCUT2D eigenvalue weighted by Gasteiger charge is 2.49. The van der Waals surface area contributed by atoms with Crippen LogP contribution in [0.15, 0.2) is 60.7 Å². The number of carbonyl (C=O) groups excluding carboxylic acids is 1. The van der Waals surface area contributed by atoms with Crippen molar-refractivity contribution in [2.24, 2.45) is 17.8 Å². The highest BCUT2D eigenvalue weighted by molar-refractivity contribution is 6.06. The molecular formula is C43H42O12. The van der Waals surface area contributed by atoms with Crippen LogP contribution in [-0.2, 0) is 15.9 Å². The number of ether oxygens (including phenoxy) is 11. The van der Waals surface area contributed by atoms with Gasteiger partial charge in [-0.05, 0) is 59.5 Å². The summed E-state index contributed by atoms with van der Waals surface area (Å²) in [5.41, 5.74) is 4.62. The summed E-state index contributed by atoms with van der Waals surface area (Å²) in [6, 6.07) is 19.4. The van der Waals surface area contributed by atoms with Crippen molar-refractivity contribution in [3.63, 3.8) is 0 Å². The van der Waals surface area contributed by atoms with Crippen LogP contribution >= 0.6 is 0 Å². The Balaban J connectivity index is 0.000000136. The Morgan fingerprint density at radius 2 is 1.24 bits per heavy atom. The lowest BCUT2D eigenvalue weighted by Gasteiger charge is -2.37. The van der Waals surface area contributed by atoms with Gasteiger partial charge in [-0.2, -0.15) is 0 Å². The summed E-state index contributed by atoms with van der Waals surface area (Å²) in [4.78, 5) is 13.5.